The molecule has 55 heavy (non-hydrogen) atoms. The number of amides is 5. The number of rotatable bonds is 9. The minimum Gasteiger partial charge on any atom is -0.382 e. The summed E-state index contributed by atoms with van der Waals surface area (Å²) >= 11 is 0. The molecule has 5 amide bonds. The van der Waals surface area contributed by atoms with Crippen molar-refractivity contribution >= 4 is 51.9 Å². The van der Waals surface area contributed by atoms with Gasteiger partial charge in [0.2, 0.25) is 11.8 Å². The lowest BCUT2D eigenvalue weighted by Crippen LogP contribution is -2.54. The fourth-order valence-corrected chi connectivity index (χ4v) is 8.08. The van der Waals surface area contributed by atoms with Gasteiger partial charge in [-0.3, -0.25) is 48.9 Å². The van der Waals surface area contributed by atoms with Crippen molar-refractivity contribution in [2.24, 2.45) is 0 Å². The number of piperidine rings is 1. The standard InChI is InChI=1S/C40H43N9O6/c1-2-24-18-32-33(45-36(24)51)17-23(20-41-32)22-47-13-15-48(16-14-47)28-8-10-31(42-21-28)37(52)44-26-5-3-25(4-6-26)43-27-7-9-29-30(19-27)40(55)49(39(29)54)34-11-12-35(50)46-38(34)53/h7-10,17-21,25-26,34,43H,2-6,11-16,22H2,1H3,(H,44,52)(H,45,51)(H,46,50,53). The molecule has 3 fully saturated rings. The molecule has 15 nitrogen and oxygen atoms in total. The largest absolute Gasteiger partial charge is 0.382 e. The van der Waals surface area contributed by atoms with Crippen LogP contribution in [0.1, 0.15) is 87.8 Å². The van der Waals surface area contributed by atoms with Crippen LogP contribution in [0.25, 0.3) is 11.0 Å². The Balaban J connectivity index is 0.788. The van der Waals surface area contributed by atoms with E-state index in [0.29, 0.717) is 17.8 Å². The second-order valence-electron chi connectivity index (χ2n) is 14.8. The van der Waals surface area contributed by atoms with Gasteiger partial charge >= 0.3 is 0 Å². The first-order valence-electron chi connectivity index (χ1n) is 19.0. The first-order valence-corrected chi connectivity index (χ1v) is 19.0. The van der Waals surface area contributed by atoms with E-state index in [9.17, 15) is 28.8 Å². The molecule has 1 atom stereocenters. The molecule has 3 aromatic heterocycles. The molecule has 1 unspecified atom stereocenters. The maximum atomic E-state index is 13.2. The lowest BCUT2D eigenvalue weighted by atomic mass is 9.90. The molecular weight excluding hydrogens is 702 g/mol. The highest BCUT2D eigenvalue weighted by Crippen LogP contribution is 2.31. The normalized spacial score (nSPS) is 21.8. The van der Waals surface area contributed by atoms with E-state index in [-0.39, 0.29) is 47.5 Å². The number of carbonyl (C=O) groups is 5. The molecule has 0 radical (unpaired) electrons. The topological polar surface area (TPSA) is 190 Å². The van der Waals surface area contributed by atoms with Crippen LogP contribution in [0.15, 0.2) is 59.7 Å². The number of nitrogens with zero attached hydrogens (tertiary/aromatic N) is 5. The molecule has 284 valence electrons. The van der Waals surface area contributed by atoms with Gasteiger partial charge in [0, 0.05) is 68.7 Å². The SMILES string of the molecule is CCc1cc2ncc(CN3CCN(c4ccc(C(=O)NC5CCC(Nc6ccc7c(c6)C(=O)N(C6CCC(=O)NC6=O)C7=O)CC5)nc4)CC3)cc2[nH]c1=O. The summed E-state index contributed by atoms with van der Waals surface area (Å²) < 4.78 is 0. The summed E-state index contributed by atoms with van der Waals surface area (Å²) in [5.41, 5.74) is 5.82. The minimum absolute atomic E-state index is 0.00765. The quantitative estimate of drug-likeness (QED) is 0.185. The number of aromatic amines is 1. The van der Waals surface area contributed by atoms with E-state index in [1.165, 1.54) is 0 Å². The number of piperazine rings is 1. The van der Waals surface area contributed by atoms with Crippen LogP contribution in [-0.4, -0.2) is 98.6 Å². The molecule has 3 aliphatic heterocycles. The maximum Gasteiger partial charge on any atom is 0.270 e. The van der Waals surface area contributed by atoms with E-state index in [2.05, 4.69) is 40.7 Å². The van der Waals surface area contributed by atoms with Crippen molar-refractivity contribution in [1.29, 1.82) is 0 Å². The minimum atomic E-state index is -1.00. The summed E-state index contributed by atoms with van der Waals surface area (Å²) in [5, 5.41) is 8.82. The van der Waals surface area contributed by atoms with Gasteiger partial charge in [-0.2, -0.15) is 0 Å². The van der Waals surface area contributed by atoms with Crippen LogP contribution < -0.4 is 26.4 Å². The van der Waals surface area contributed by atoms with Gasteiger partial charge < -0.3 is 20.5 Å². The molecule has 1 saturated carbocycles. The van der Waals surface area contributed by atoms with Crippen LogP contribution in [0.5, 0.6) is 0 Å². The van der Waals surface area contributed by atoms with Crippen LogP contribution in [0.2, 0.25) is 0 Å². The molecule has 1 aliphatic carbocycles. The van der Waals surface area contributed by atoms with Crippen molar-refractivity contribution in [3.8, 4) is 0 Å². The number of anilines is 2. The second kappa shape index (κ2) is 15.1. The predicted octanol–water partition coefficient (Wildman–Crippen LogP) is 2.76. The summed E-state index contributed by atoms with van der Waals surface area (Å²) in [7, 11) is 0. The zero-order chi connectivity index (χ0) is 38.2. The molecule has 6 heterocycles. The Hall–Kier alpha value is -5.96. The van der Waals surface area contributed by atoms with E-state index in [1.54, 1.807) is 30.5 Å². The van der Waals surface area contributed by atoms with Crippen molar-refractivity contribution in [1.82, 2.24) is 35.4 Å². The number of pyridine rings is 3. The van der Waals surface area contributed by atoms with Crippen molar-refractivity contribution in [3.05, 3.63) is 93.2 Å². The van der Waals surface area contributed by atoms with Gasteiger partial charge in [0.1, 0.15) is 11.7 Å². The zero-order valence-electron chi connectivity index (χ0n) is 30.6. The third-order valence-corrected chi connectivity index (χ3v) is 11.2. The number of aromatic nitrogens is 3. The summed E-state index contributed by atoms with van der Waals surface area (Å²) in [4.78, 5) is 93.2. The first kappa shape index (κ1) is 36.0. The highest BCUT2D eigenvalue weighted by molar-refractivity contribution is 6.23. The van der Waals surface area contributed by atoms with Crippen molar-refractivity contribution in [2.75, 3.05) is 36.4 Å². The molecule has 4 aliphatic rings. The number of fused-ring (bicyclic) bond motifs is 2. The van der Waals surface area contributed by atoms with Crippen molar-refractivity contribution in [3.63, 3.8) is 0 Å². The van der Waals surface area contributed by atoms with Gasteiger partial charge in [0.15, 0.2) is 0 Å². The Morgan fingerprint density at radius 1 is 0.836 bits per heavy atom. The Kier molecular flexibility index (Phi) is 9.86. The zero-order valence-corrected chi connectivity index (χ0v) is 30.6. The molecule has 0 bridgehead atoms. The number of carbonyl (C=O) groups excluding carboxylic acids is 5. The van der Waals surface area contributed by atoms with Gasteiger partial charge in [0.05, 0.1) is 34.0 Å². The predicted molar refractivity (Wildman–Crippen MR) is 204 cm³/mol. The van der Waals surface area contributed by atoms with Crippen molar-refractivity contribution in [2.45, 2.75) is 76.5 Å². The highest BCUT2D eigenvalue weighted by atomic mass is 16.2. The number of H-pyrrole nitrogens is 1. The Labute approximate surface area is 316 Å². The van der Waals surface area contributed by atoms with Gasteiger partial charge in [-0.15, -0.1) is 0 Å². The van der Waals surface area contributed by atoms with Crippen LogP contribution in [0.4, 0.5) is 11.4 Å². The van der Waals surface area contributed by atoms with E-state index < -0.39 is 29.7 Å². The lowest BCUT2D eigenvalue weighted by molar-refractivity contribution is -0.136. The number of nitrogens with one attached hydrogen (secondary N) is 4. The Morgan fingerprint density at radius 3 is 2.33 bits per heavy atom. The number of benzene rings is 1. The third-order valence-electron chi connectivity index (χ3n) is 11.2. The molecule has 8 rings (SSSR count). The fraction of sp³-hybridized carbons (Fsp3) is 0.400. The number of hydrogen-bond acceptors (Lipinski definition) is 11. The van der Waals surface area contributed by atoms with Crippen molar-refractivity contribution < 1.29 is 24.0 Å². The summed E-state index contributed by atoms with van der Waals surface area (Å²) in [6.07, 6.45) is 7.63. The molecule has 1 aromatic carbocycles. The lowest BCUT2D eigenvalue weighted by Gasteiger charge is -2.36. The van der Waals surface area contributed by atoms with Gasteiger partial charge in [0.25, 0.3) is 23.3 Å². The second-order valence-corrected chi connectivity index (χ2v) is 14.8. The molecule has 4 aromatic rings. The first-order chi connectivity index (χ1) is 26.6. The summed E-state index contributed by atoms with van der Waals surface area (Å²) in [6.45, 7) is 6.06. The van der Waals surface area contributed by atoms with Crippen LogP contribution in [0, 0.1) is 0 Å². The van der Waals surface area contributed by atoms with Gasteiger partial charge in [-0.05, 0) is 86.6 Å². The number of aryl methyl sites for hydroxylation is 1. The van der Waals surface area contributed by atoms with E-state index in [0.717, 1.165) is 91.2 Å². The highest BCUT2D eigenvalue weighted by Gasteiger charge is 2.44. The van der Waals surface area contributed by atoms with Crippen LogP contribution in [-0.2, 0) is 22.6 Å². The average molecular weight is 746 g/mol. The summed E-state index contributed by atoms with van der Waals surface area (Å²) in [5.74, 6) is -2.31. The number of imide groups is 2. The molecule has 2 saturated heterocycles. The van der Waals surface area contributed by atoms with Crippen LogP contribution in [0.3, 0.4) is 0 Å². The molecule has 4 N–H and O–H groups in total. The van der Waals surface area contributed by atoms with E-state index >= 15 is 0 Å². The smallest absolute Gasteiger partial charge is 0.270 e. The fourth-order valence-electron chi connectivity index (χ4n) is 8.08. The van der Waals surface area contributed by atoms with Gasteiger partial charge in [-0.25, -0.2) is 4.98 Å². The molecular formula is C40H43N9O6. The van der Waals surface area contributed by atoms with E-state index in [1.807, 2.05) is 31.3 Å². The van der Waals surface area contributed by atoms with Crippen LogP contribution >= 0.6 is 0 Å². The monoisotopic (exact) mass is 745 g/mol. The van der Waals surface area contributed by atoms with E-state index in [4.69, 9.17) is 0 Å². The maximum absolute atomic E-state index is 13.2. The average Bonchev–Trinajstić information content (AvgIpc) is 3.43. The Bertz CT molecular complexity index is 2240. The molecule has 0 spiro atoms. The van der Waals surface area contributed by atoms with Gasteiger partial charge in [-0.1, -0.05) is 6.92 Å². The molecule has 15 heteroatoms. The third kappa shape index (κ3) is 7.43. The Morgan fingerprint density at radius 2 is 1.60 bits per heavy atom. The summed E-state index contributed by atoms with van der Waals surface area (Å²) in [6, 6.07) is 11.7. The number of hydrogen-bond donors (Lipinski definition) is 4.